The second kappa shape index (κ2) is 7.74. The average Bonchev–Trinajstić information content (AvgIpc) is 2.96. The van der Waals surface area contributed by atoms with Gasteiger partial charge in [0, 0.05) is 12.0 Å². The van der Waals surface area contributed by atoms with Crippen LogP contribution in [0.2, 0.25) is 0 Å². The average molecular weight is 296 g/mol. The van der Waals surface area contributed by atoms with Gasteiger partial charge in [0.25, 0.3) is 0 Å². The molecule has 0 spiro atoms. The zero-order chi connectivity index (χ0) is 14.3. The van der Waals surface area contributed by atoms with Crippen LogP contribution in [0, 0.1) is 5.41 Å². The van der Waals surface area contributed by atoms with Crippen molar-refractivity contribution in [1.29, 1.82) is 0 Å². The summed E-state index contributed by atoms with van der Waals surface area (Å²) in [6.07, 6.45) is 4.58. The molecule has 1 amide bonds. The van der Waals surface area contributed by atoms with Crippen LogP contribution in [0.25, 0.3) is 0 Å². The van der Waals surface area contributed by atoms with Gasteiger partial charge in [-0.2, -0.15) is 11.8 Å². The number of thioether (sulfide) groups is 1. The third-order valence-corrected chi connectivity index (χ3v) is 4.90. The van der Waals surface area contributed by atoms with Crippen molar-refractivity contribution >= 4 is 17.7 Å². The molecular weight excluding hydrogens is 272 g/mol. The highest BCUT2D eigenvalue weighted by Gasteiger charge is 2.33. The van der Waals surface area contributed by atoms with Crippen LogP contribution in [-0.4, -0.2) is 31.3 Å². The van der Waals surface area contributed by atoms with Crippen molar-refractivity contribution in [3.8, 4) is 0 Å². The number of furan rings is 1. The van der Waals surface area contributed by atoms with Crippen LogP contribution in [0.5, 0.6) is 0 Å². The lowest BCUT2D eigenvalue weighted by Crippen LogP contribution is -2.46. The first kappa shape index (κ1) is 15.4. The number of carbonyl (C=O) groups is 1. The van der Waals surface area contributed by atoms with Crippen molar-refractivity contribution in [3.05, 3.63) is 24.2 Å². The molecule has 4 nitrogen and oxygen atoms in total. The number of piperidine rings is 1. The topological polar surface area (TPSA) is 54.3 Å². The lowest BCUT2D eigenvalue weighted by molar-refractivity contribution is -0.131. The summed E-state index contributed by atoms with van der Waals surface area (Å²) in [4.78, 5) is 12.2. The SMILES string of the molecule is CC1(C(=O)NCCCSCc2ccco2)CCNCC1. The van der Waals surface area contributed by atoms with Gasteiger partial charge in [-0.15, -0.1) is 0 Å². The number of hydrogen-bond donors (Lipinski definition) is 2. The summed E-state index contributed by atoms with van der Waals surface area (Å²) in [5.41, 5.74) is -0.174. The first-order valence-corrected chi connectivity index (χ1v) is 8.45. The van der Waals surface area contributed by atoms with Crippen molar-refractivity contribution in [2.45, 2.75) is 31.9 Å². The maximum absolute atomic E-state index is 12.2. The summed E-state index contributed by atoms with van der Waals surface area (Å²) < 4.78 is 5.27. The van der Waals surface area contributed by atoms with E-state index in [1.165, 1.54) is 0 Å². The molecule has 1 aliphatic heterocycles. The fourth-order valence-electron chi connectivity index (χ4n) is 2.36. The van der Waals surface area contributed by atoms with E-state index in [4.69, 9.17) is 4.42 Å². The Morgan fingerprint density at radius 2 is 2.30 bits per heavy atom. The van der Waals surface area contributed by atoms with Gasteiger partial charge < -0.3 is 15.1 Å². The number of hydrogen-bond acceptors (Lipinski definition) is 4. The van der Waals surface area contributed by atoms with Gasteiger partial charge in [-0.05, 0) is 50.2 Å². The summed E-state index contributed by atoms with van der Waals surface area (Å²) in [5.74, 6) is 3.18. The quantitative estimate of drug-likeness (QED) is 0.759. The molecule has 2 rings (SSSR count). The van der Waals surface area contributed by atoms with Gasteiger partial charge in [-0.25, -0.2) is 0 Å². The molecule has 0 bridgehead atoms. The van der Waals surface area contributed by atoms with Gasteiger partial charge in [0.05, 0.1) is 12.0 Å². The van der Waals surface area contributed by atoms with Crippen molar-refractivity contribution < 1.29 is 9.21 Å². The van der Waals surface area contributed by atoms with Crippen molar-refractivity contribution in [3.63, 3.8) is 0 Å². The van der Waals surface area contributed by atoms with E-state index in [-0.39, 0.29) is 11.3 Å². The van der Waals surface area contributed by atoms with Crippen molar-refractivity contribution in [2.24, 2.45) is 5.41 Å². The normalized spacial score (nSPS) is 17.9. The van der Waals surface area contributed by atoms with E-state index in [0.717, 1.165) is 56.2 Å². The Morgan fingerprint density at radius 3 is 3.00 bits per heavy atom. The maximum Gasteiger partial charge on any atom is 0.226 e. The fraction of sp³-hybridized carbons (Fsp3) is 0.667. The highest BCUT2D eigenvalue weighted by Crippen LogP contribution is 2.27. The lowest BCUT2D eigenvalue weighted by atomic mass is 9.80. The molecule has 1 fully saturated rings. The molecule has 20 heavy (non-hydrogen) atoms. The zero-order valence-corrected chi connectivity index (χ0v) is 12.9. The summed E-state index contributed by atoms with van der Waals surface area (Å²) in [6, 6.07) is 3.91. The maximum atomic E-state index is 12.2. The highest BCUT2D eigenvalue weighted by atomic mass is 32.2. The smallest absolute Gasteiger partial charge is 0.226 e. The second-order valence-electron chi connectivity index (χ2n) is 5.55. The molecular formula is C15H24N2O2S. The summed E-state index contributed by atoms with van der Waals surface area (Å²) in [7, 11) is 0. The minimum atomic E-state index is -0.174. The third-order valence-electron chi connectivity index (χ3n) is 3.83. The van der Waals surface area contributed by atoms with Crippen molar-refractivity contribution in [2.75, 3.05) is 25.4 Å². The van der Waals surface area contributed by atoms with Crippen LogP contribution in [0.1, 0.15) is 31.9 Å². The van der Waals surface area contributed by atoms with E-state index in [9.17, 15) is 4.79 Å². The monoisotopic (exact) mass is 296 g/mol. The van der Waals surface area contributed by atoms with E-state index in [1.54, 1.807) is 6.26 Å². The standard InChI is InChI=1S/C15H24N2O2S/c1-15(5-8-16-9-6-15)14(18)17-7-3-11-20-12-13-4-2-10-19-13/h2,4,10,16H,3,5-9,11-12H2,1H3,(H,17,18). The zero-order valence-electron chi connectivity index (χ0n) is 12.1. The molecule has 1 aromatic heterocycles. The Bertz CT molecular complexity index is 400. The molecule has 0 saturated carbocycles. The third kappa shape index (κ3) is 4.56. The van der Waals surface area contributed by atoms with E-state index in [1.807, 2.05) is 23.9 Å². The Balaban J connectivity index is 1.55. The molecule has 1 saturated heterocycles. The molecule has 0 radical (unpaired) electrons. The molecule has 0 atom stereocenters. The van der Waals surface area contributed by atoms with E-state index in [0.29, 0.717) is 0 Å². The lowest BCUT2D eigenvalue weighted by Gasteiger charge is -2.32. The van der Waals surface area contributed by atoms with Gasteiger partial charge in [0.1, 0.15) is 5.76 Å². The first-order chi connectivity index (χ1) is 9.71. The Morgan fingerprint density at radius 1 is 1.50 bits per heavy atom. The summed E-state index contributed by atoms with van der Waals surface area (Å²) in [6.45, 7) is 4.74. The Hall–Kier alpha value is -0.940. The molecule has 112 valence electrons. The molecule has 0 aliphatic carbocycles. The van der Waals surface area contributed by atoms with Gasteiger partial charge in [-0.3, -0.25) is 4.79 Å². The molecule has 5 heteroatoms. The van der Waals surface area contributed by atoms with Gasteiger partial charge in [0.2, 0.25) is 5.91 Å². The predicted octanol–water partition coefficient (Wildman–Crippen LogP) is 2.41. The molecule has 2 heterocycles. The minimum absolute atomic E-state index is 0.174. The second-order valence-corrected chi connectivity index (χ2v) is 6.66. The summed E-state index contributed by atoms with van der Waals surface area (Å²) >= 11 is 1.84. The van der Waals surface area contributed by atoms with Crippen LogP contribution in [-0.2, 0) is 10.5 Å². The minimum Gasteiger partial charge on any atom is -0.468 e. The number of nitrogens with one attached hydrogen (secondary N) is 2. The molecule has 1 aliphatic rings. The molecule has 2 N–H and O–H groups in total. The molecule has 0 aromatic carbocycles. The van der Waals surface area contributed by atoms with Crippen LogP contribution in [0.3, 0.4) is 0 Å². The Kier molecular flexibility index (Phi) is 5.98. The number of amides is 1. The van der Waals surface area contributed by atoms with Crippen LogP contribution < -0.4 is 10.6 Å². The van der Waals surface area contributed by atoms with Gasteiger partial charge >= 0.3 is 0 Å². The first-order valence-electron chi connectivity index (χ1n) is 7.30. The van der Waals surface area contributed by atoms with Crippen molar-refractivity contribution in [1.82, 2.24) is 10.6 Å². The summed E-state index contributed by atoms with van der Waals surface area (Å²) in [5, 5.41) is 6.38. The van der Waals surface area contributed by atoms with Gasteiger partial charge in [-0.1, -0.05) is 6.92 Å². The Labute approximate surface area is 125 Å². The van der Waals surface area contributed by atoms with E-state index < -0.39 is 0 Å². The highest BCUT2D eigenvalue weighted by molar-refractivity contribution is 7.98. The van der Waals surface area contributed by atoms with Gasteiger partial charge in [0.15, 0.2) is 0 Å². The number of rotatable bonds is 7. The van der Waals surface area contributed by atoms with Crippen LogP contribution in [0.4, 0.5) is 0 Å². The molecule has 1 aromatic rings. The van der Waals surface area contributed by atoms with Crippen LogP contribution in [0.15, 0.2) is 22.8 Å². The molecule has 0 unspecified atom stereocenters. The number of carbonyl (C=O) groups excluding carboxylic acids is 1. The fourth-order valence-corrected chi connectivity index (χ4v) is 3.22. The van der Waals surface area contributed by atoms with E-state index in [2.05, 4.69) is 17.6 Å². The predicted molar refractivity (Wildman–Crippen MR) is 82.7 cm³/mol. The van der Waals surface area contributed by atoms with Crippen LogP contribution >= 0.6 is 11.8 Å². The van der Waals surface area contributed by atoms with E-state index >= 15 is 0 Å². The largest absolute Gasteiger partial charge is 0.468 e.